The molecule has 2 rings (SSSR count). The fraction of sp³-hybridized carbons (Fsp3) is 0.263. The SMILES string of the molecule is CC(NC(=O)C(=O)NCC(O)c1ccc(C(F)(F)F)cc1)c1ccccc1. The number of rotatable bonds is 5. The first-order valence-electron chi connectivity index (χ1n) is 8.17. The average Bonchev–Trinajstić information content (AvgIpc) is 2.65. The van der Waals surface area contributed by atoms with Gasteiger partial charge in [-0.3, -0.25) is 9.59 Å². The first-order chi connectivity index (χ1) is 12.7. The summed E-state index contributed by atoms with van der Waals surface area (Å²) in [5.41, 5.74) is 0.182. The highest BCUT2D eigenvalue weighted by atomic mass is 19.4. The quantitative estimate of drug-likeness (QED) is 0.698. The number of hydrogen-bond donors (Lipinski definition) is 3. The molecule has 0 radical (unpaired) electrons. The first-order valence-corrected chi connectivity index (χ1v) is 8.17. The van der Waals surface area contributed by atoms with Crippen molar-refractivity contribution in [2.75, 3.05) is 6.54 Å². The summed E-state index contributed by atoms with van der Waals surface area (Å²) >= 11 is 0. The molecule has 2 aromatic carbocycles. The van der Waals surface area contributed by atoms with Crippen molar-refractivity contribution < 1.29 is 27.9 Å². The van der Waals surface area contributed by atoms with E-state index in [1.165, 1.54) is 0 Å². The van der Waals surface area contributed by atoms with Gasteiger partial charge in [0.2, 0.25) is 0 Å². The summed E-state index contributed by atoms with van der Waals surface area (Å²) < 4.78 is 37.6. The van der Waals surface area contributed by atoms with Crippen LogP contribution in [0.5, 0.6) is 0 Å². The van der Waals surface area contributed by atoms with Crippen LogP contribution in [0.15, 0.2) is 54.6 Å². The Labute approximate surface area is 154 Å². The Balaban J connectivity index is 1.86. The minimum absolute atomic E-state index is 0.196. The Bertz CT molecular complexity index is 777. The van der Waals surface area contributed by atoms with E-state index in [-0.39, 0.29) is 18.2 Å². The van der Waals surface area contributed by atoms with Gasteiger partial charge in [0.15, 0.2) is 0 Å². The van der Waals surface area contributed by atoms with Crippen LogP contribution < -0.4 is 10.6 Å². The van der Waals surface area contributed by atoms with Crippen molar-refractivity contribution >= 4 is 11.8 Å². The van der Waals surface area contributed by atoms with Gasteiger partial charge in [-0.25, -0.2) is 0 Å². The van der Waals surface area contributed by atoms with Gasteiger partial charge in [0.25, 0.3) is 0 Å². The molecule has 0 saturated heterocycles. The lowest BCUT2D eigenvalue weighted by Gasteiger charge is -2.16. The molecular weight excluding hydrogens is 361 g/mol. The molecule has 2 atom stereocenters. The molecule has 2 aromatic rings. The smallest absolute Gasteiger partial charge is 0.387 e. The fourth-order valence-electron chi connectivity index (χ4n) is 2.37. The van der Waals surface area contributed by atoms with E-state index in [1.807, 2.05) is 6.07 Å². The van der Waals surface area contributed by atoms with Crippen LogP contribution in [-0.4, -0.2) is 23.5 Å². The molecule has 27 heavy (non-hydrogen) atoms. The van der Waals surface area contributed by atoms with E-state index >= 15 is 0 Å². The van der Waals surface area contributed by atoms with E-state index in [0.717, 1.165) is 29.8 Å². The number of aliphatic hydroxyl groups excluding tert-OH is 1. The van der Waals surface area contributed by atoms with Gasteiger partial charge in [-0.2, -0.15) is 13.2 Å². The molecule has 3 N–H and O–H groups in total. The number of alkyl halides is 3. The van der Waals surface area contributed by atoms with Crippen molar-refractivity contribution in [1.82, 2.24) is 10.6 Å². The summed E-state index contributed by atoms with van der Waals surface area (Å²) in [7, 11) is 0. The van der Waals surface area contributed by atoms with Gasteiger partial charge in [-0.15, -0.1) is 0 Å². The number of amides is 2. The summed E-state index contributed by atoms with van der Waals surface area (Å²) in [6, 6.07) is 12.6. The topological polar surface area (TPSA) is 78.4 Å². The molecule has 8 heteroatoms. The lowest BCUT2D eigenvalue weighted by atomic mass is 10.1. The summed E-state index contributed by atoms with van der Waals surface area (Å²) in [4.78, 5) is 23.7. The van der Waals surface area contributed by atoms with Crippen LogP contribution >= 0.6 is 0 Å². The Hall–Kier alpha value is -2.87. The number of nitrogens with one attached hydrogen (secondary N) is 2. The van der Waals surface area contributed by atoms with E-state index in [9.17, 15) is 27.9 Å². The fourth-order valence-corrected chi connectivity index (χ4v) is 2.37. The predicted molar refractivity (Wildman–Crippen MR) is 92.4 cm³/mol. The molecule has 0 fully saturated rings. The second kappa shape index (κ2) is 8.68. The van der Waals surface area contributed by atoms with Crippen LogP contribution in [0, 0.1) is 0 Å². The van der Waals surface area contributed by atoms with Crippen LogP contribution in [0.4, 0.5) is 13.2 Å². The Morgan fingerprint density at radius 2 is 1.56 bits per heavy atom. The van der Waals surface area contributed by atoms with E-state index in [1.54, 1.807) is 31.2 Å². The standard InChI is InChI=1S/C19H19F3N2O3/c1-12(13-5-3-2-4-6-13)24-18(27)17(26)23-11-16(25)14-7-9-15(10-8-14)19(20,21)22/h2-10,12,16,25H,11H2,1H3,(H,23,26)(H,24,27). The van der Waals surface area contributed by atoms with Gasteiger partial charge in [0.05, 0.1) is 17.7 Å². The van der Waals surface area contributed by atoms with Crippen molar-refractivity contribution in [1.29, 1.82) is 0 Å². The van der Waals surface area contributed by atoms with Crippen LogP contribution in [-0.2, 0) is 15.8 Å². The third-order valence-corrected chi connectivity index (χ3v) is 3.93. The molecule has 0 saturated carbocycles. The largest absolute Gasteiger partial charge is 0.416 e. The van der Waals surface area contributed by atoms with E-state index < -0.39 is 29.7 Å². The zero-order valence-electron chi connectivity index (χ0n) is 14.5. The van der Waals surface area contributed by atoms with Gasteiger partial charge >= 0.3 is 18.0 Å². The van der Waals surface area contributed by atoms with Gasteiger partial charge in [-0.05, 0) is 30.2 Å². The zero-order valence-corrected chi connectivity index (χ0v) is 14.5. The number of carbonyl (C=O) groups is 2. The van der Waals surface area contributed by atoms with Crippen molar-refractivity contribution in [3.63, 3.8) is 0 Å². The Morgan fingerprint density at radius 3 is 2.11 bits per heavy atom. The highest BCUT2D eigenvalue weighted by Crippen LogP contribution is 2.29. The van der Waals surface area contributed by atoms with Crippen molar-refractivity contribution in [3.05, 3.63) is 71.3 Å². The first kappa shape index (κ1) is 20.4. The molecular formula is C19H19F3N2O3. The van der Waals surface area contributed by atoms with Gasteiger partial charge in [-0.1, -0.05) is 42.5 Å². The van der Waals surface area contributed by atoms with Crippen LogP contribution in [0.25, 0.3) is 0 Å². The summed E-state index contributed by atoms with van der Waals surface area (Å²) in [6.07, 6.45) is -5.71. The number of halogens is 3. The highest BCUT2D eigenvalue weighted by Gasteiger charge is 2.30. The molecule has 2 amide bonds. The molecule has 144 valence electrons. The van der Waals surface area contributed by atoms with E-state index in [0.29, 0.717) is 0 Å². The molecule has 0 aromatic heterocycles. The Morgan fingerprint density at radius 1 is 0.963 bits per heavy atom. The maximum Gasteiger partial charge on any atom is 0.416 e. The molecule has 0 bridgehead atoms. The third kappa shape index (κ3) is 5.82. The van der Waals surface area contributed by atoms with Crippen LogP contribution in [0.1, 0.15) is 35.8 Å². The number of benzene rings is 2. The lowest BCUT2D eigenvalue weighted by molar-refractivity contribution is -0.139. The monoisotopic (exact) mass is 380 g/mol. The Kier molecular flexibility index (Phi) is 6.57. The third-order valence-electron chi connectivity index (χ3n) is 3.93. The van der Waals surface area contributed by atoms with Crippen molar-refractivity contribution in [2.24, 2.45) is 0 Å². The van der Waals surface area contributed by atoms with Crippen LogP contribution in [0.3, 0.4) is 0 Å². The van der Waals surface area contributed by atoms with Gasteiger partial charge < -0.3 is 15.7 Å². The minimum atomic E-state index is -4.47. The second-order valence-electron chi connectivity index (χ2n) is 5.95. The molecule has 0 heterocycles. The van der Waals surface area contributed by atoms with Crippen LogP contribution in [0.2, 0.25) is 0 Å². The van der Waals surface area contributed by atoms with Gasteiger partial charge in [0, 0.05) is 6.54 Å². The maximum atomic E-state index is 12.5. The zero-order chi connectivity index (χ0) is 20.0. The second-order valence-corrected chi connectivity index (χ2v) is 5.95. The average molecular weight is 380 g/mol. The summed E-state index contributed by atoms with van der Waals surface area (Å²) in [5.74, 6) is -1.81. The summed E-state index contributed by atoms with van der Waals surface area (Å²) in [6.45, 7) is 1.41. The number of carbonyl (C=O) groups excluding carboxylic acids is 2. The minimum Gasteiger partial charge on any atom is -0.387 e. The van der Waals surface area contributed by atoms with E-state index in [2.05, 4.69) is 10.6 Å². The molecule has 0 aliphatic rings. The van der Waals surface area contributed by atoms with Crippen molar-refractivity contribution in [3.8, 4) is 0 Å². The molecule has 0 spiro atoms. The van der Waals surface area contributed by atoms with Crippen molar-refractivity contribution in [2.45, 2.75) is 25.2 Å². The molecule has 5 nitrogen and oxygen atoms in total. The van der Waals surface area contributed by atoms with E-state index in [4.69, 9.17) is 0 Å². The lowest BCUT2D eigenvalue weighted by Crippen LogP contribution is -2.42. The maximum absolute atomic E-state index is 12.5. The number of hydrogen-bond acceptors (Lipinski definition) is 3. The summed E-state index contributed by atoms with van der Waals surface area (Å²) in [5, 5.41) is 14.8. The molecule has 0 aliphatic heterocycles. The molecule has 2 unspecified atom stereocenters. The highest BCUT2D eigenvalue weighted by molar-refractivity contribution is 6.35. The molecule has 0 aliphatic carbocycles. The predicted octanol–water partition coefficient (Wildman–Crippen LogP) is 2.73. The van der Waals surface area contributed by atoms with Gasteiger partial charge in [0.1, 0.15) is 0 Å². The number of aliphatic hydroxyl groups is 1. The normalized spacial score (nSPS) is 13.5.